The Balaban J connectivity index is 1.54. The van der Waals surface area contributed by atoms with Gasteiger partial charge in [-0.05, 0) is 24.6 Å². The monoisotopic (exact) mass is 381 g/mol. The van der Waals surface area contributed by atoms with Crippen LogP contribution in [-0.2, 0) is 27.3 Å². The Morgan fingerprint density at radius 2 is 1.89 bits per heavy atom. The van der Waals surface area contributed by atoms with Crippen LogP contribution in [0.25, 0.3) is 11.0 Å². The van der Waals surface area contributed by atoms with Crippen LogP contribution in [-0.4, -0.2) is 37.5 Å². The van der Waals surface area contributed by atoms with Crippen molar-refractivity contribution in [2.24, 2.45) is 0 Å². The Kier molecular flexibility index (Phi) is 5.99. The lowest BCUT2D eigenvalue weighted by Crippen LogP contribution is -2.31. The maximum Gasteiger partial charge on any atom is 0.310 e. The highest BCUT2D eigenvalue weighted by Crippen LogP contribution is 2.23. The molecule has 0 aliphatic rings. The molecule has 0 N–H and O–H groups in total. The van der Waals surface area contributed by atoms with Crippen molar-refractivity contribution in [1.29, 1.82) is 0 Å². The number of nitrogens with zero attached hydrogens (tertiary/aromatic N) is 1. The molecule has 28 heavy (non-hydrogen) atoms. The number of para-hydroxylation sites is 1. The van der Waals surface area contributed by atoms with Gasteiger partial charge < -0.3 is 18.8 Å². The van der Waals surface area contributed by atoms with E-state index < -0.39 is 5.97 Å². The molecule has 0 saturated carbocycles. The van der Waals surface area contributed by atoms with Gasteiger partial charge in [0.25, 0.3) is 5.91 Å². The summed E-state index contributed by atoms with van der Waals surface area (Å²) < 4.78 is 15.9. The summed E-state index contributed by atoms with van der Waals surface area (Å²) >= 11 is 0. The lowest BCUT2D eigenvalue weighted by atomic mass is 10.1. The van der Waals surface area contributed by atoms with E-state index in [9.17, 15) is 9.59 Å². The summed E-state index contributed by atoms with van der Waals surface area (Å²) in [5, 5.41) is 0.877. The van der Waals surface area contributed by atoms with Crippen LogP contribution in [0.1, 0.15) is 16.7 Å². The van der Waals surface area contributed by atoms with Crippen molar-refractivity contribution in [1.82, 2.24) is 4.90 Å². The summed E-state index contributed by atoms with van der Waals surface area (Å²) in [7, 11) is 3.25. The number of rotatable bonds is 7. The van der Waals surface area contributed by atoms with Crippen LogP contribution < -0.4 is 4.74 Å². The molecule has 0 aliphatic carbocycles. The Labute approximate surface area is 163 Å². The first-order valence-electron chi connectivity index (χ1n) is 8.96. The standard InChI is InChI=1S/C22H23NO5/c1-15-8-9-18-17(13-27-20(18)10-15)11-22(25)28-14-21(24)23(2)12-16-6-4-5-7-19(16)26-3/h4-10,13H,11-12,14H2,1-3H3. The van der Waals surface area contributed by atoms with E-state index in [0.29, 0.717) is 12.3 Å². The molecule has 2 aromatic carbocycles. The van der Waals surface area contributed by atoms with Crippen molar-refractivity contribution < 1.29 is 23.5 Å². The van der Waals surface area contributed by atoms with Gasteiger partial charge in [0.15, 0.2) is 6.61 Å². The van der Waals surface area contributed by atoms with Gasteiger partial charge in [0, 0.05) is 30.1 Å². The van der Waals surface area contributed by atoms with Gasteiger partial charge in [-0.25, -0.2) is 0 Å². The molecule has 1 amide bonds. The topological polar surface area (TPSA) is 69.0 Å². The van der Waals surface area contributed by atoms with Gasteiger partial charge in [0.2, 0.25) is 0 Å². The van der Waals surface area contributed by atoms with Crippen LogP contribution in [0, 0.1) is 6.92 Å². The number of hydrogen-bond acceptors (Lipinski definition) is 5. The normalized spacial score (nSPS) is 10.7. The average molecular weight is 381 g/mol. The summed E-state index contributed by atoms with van der Waals surface area (Å²) in [4.78, 5) is 25.9. The third-order valence-electron chi connectivity index (χ3n) is 4.53. The number of fused-ring (bicyclic) bond motifs is 1. The number of carbonyl (C=O) groups excluding carboxylic acids is 2. The number of ether oxygens (including phenoxy) is 2. The second-order valence-electron chi connectivity index (χ2n) is 6.66. The summed E-state index contributed by atoms with van der Waals surface area (Å²) in [6.07, 6.45) is 1.61. The van der Waals surface area contributed by atoms with E-state index in [1.165, 1.54) is 4.90 Å². The highest BCUT2D eigenvalue weighted by atomic mass is 16.5. The number of methoxy groups -OCH3 is 1. The molecule has 6 nitrogen and oxygen atoms in total. The van der Waals surface area contributed by atoms with Crippen molar-refractivity contribution in [3.63, 3.8) is 0 Å². The number of amides is 1. The molecule has 1 aromatic heterocycles. The Morgan fingerprint density at radius 1 is 1.11 bits per heavy atom. The highest BCUT2D eigenvalue weighted by molar-refractivity contribution is 5.87. The molecule has 0 spiro atoms. The molecule has 3 rings (SSSR count). The lowest BCUT2D eigenvalue weighted by molar-refractivity contribution is -0.151. The smallest absolute Gasteiger partial charge is 0.310 e. The molecule has 0 fully saturated rings. The molecule has 1 heterocycles. The predicted molar refractivity (Wildman–Crippen MR) is 105 cm³/mol. The van der Waals surface area contributed by atoms with Crippen molar-refractivity contribution in [2.75, 3.05) is 20.8 Å². The number of carbonyl (C=O) groups is 2. The third kappa shape index (κ3) is 4.52. The quantitative estimate of drug-likeness (QED) is 0.586. The van der Waals surface area contributed by atoms with Crippen LogP contribution in [0.5, 0.6) is 5.75 Å². The zero-order chi connectivity index (χ0) is 20.1. The fraction of sp³-hybridized carbons (Fsp3) is 0.273. The fourth-order valence-electron chi connectivity index (χ4n) is 2.96. The van der Waals surface area contributed by atoms with E-state index in [1.807, 2.05) is 49.4 Å². The number of hydrogen-bond donors (Lipinski definition) is 0. The summed E-state index contributed by atoms with van der Waals surface area (Å²) in [6, 6.07) is 13.3. The van der Waals surface area contributed by atoms with Crippen LogP contribution in [0.3, 0.4) is 0 Å². The minimum atomic E-state index is -0.470. The predicted octanol–water partition coefficient (Wildman–Crippen LogP) is 3.49. The zero-order valence-electron chi connectivity index (χ0n) is 16.2. The van der Waals surface area contributed by atoms with Gasteiger partial charge in [-0.1, -0.05) is 30.3 Å². The summed E-state index contributed by atoms with van der Waals surface area (Å²) in [5.41, 5.74) is 3.44. The van der Waals surface area contributed by atoms with Crippen molar-refractivity contribution >= 4 is 22.8 Å². The zero-order valence-corrected chi connectivity index (χ0v) is 16.2. The van der Waals surface area contributed by atoms with E-state index in [4.69, 9.17) is 13.9 Å². The minimum absolute atomic E-state index is 0.0551. The van der Waals surface area contributed by atoms with Crippen molar-refractivity contribution in [3.8, 4) is 5.75 Å². The molecular weight excluding hydrogens is 358 g/mol. The van der Waals surface area contributed by atoms with E-state index in [-0.39, 0.29) is 18.9 Å². The Hall–Kier alpha value is -3.28. The summed E-state index contributed by atoms with van der Waals surface area (Å²) in [6.45, 7) is 2.04. The number of aryl methyl sites for hydroxylation is 1. The highest BCUT2D eigenvalue weighted by Gasteiger charge is 2.16. The number of furan rings is 1. The molecule has 0 aliphatic heterocycles. The van der Waals surface area contributed by atoms with Gasteiger partial charge >= 0.3 is 5.97 Å². The molecule has 0 bridgehead atoms. The molecule has 0 atom stereocenters. The molecular formula is C22H23NO5. The van der Waals surface area contributed by atoms with E-state index in [0.717, 1.165) is 27.7 Å². The number of benzene rings is 2. The maximum atomic E-state index is 12.3. The molecule has 0 saturated heterocycles. The van der Waals surface area contributed by atoms with Gasteiger partial charge in [0.1, 0.15) is 11.3 Å². The first-order valence-corrected chi connectivity index (χ1v) is 8.96. The minimum Gasteiger partial charge on any atom is -0.496 e. The SMILES string of the molecule is COc1ccccc1CN(C)C(=O)COC(=O)Cc1coc2cc(C)ccc12. The number of likely N-dealkylation sites (N-methyl/N-ethyl adjacent to an activating group) is 1. The second kappa shape index (κ2) is 8.61. The first-order chi connectivity index (χ1) is 13.5. The third-order valence-corrected chi connectivity index (χ3v) is 4.53. The lowest BCUT2D eigenvalue weighted by Gasteiger charge is -2.18. The van der Waals surface area contributed by atoms with Crippen LogP contribution in [0.2, 0.25) is 0 Å². The van der Waals surface area contributed by atoms with E-state index >= 15 is 0 Å². The molecule has 0 radical (unpaired) electrons. The van der Waals surface area contributed by atoms with Gasteiger partial charge in [-0.15, -0.1) is 0 Å². The van der Waals surface area contributed by atoms with E-state index in [2.05, 4.69) is 0 Å². The van der Waals surface area contributed by atoms with Crippen LogP contribution in [0.4, 0.5) is 0 Å². The second-order valence-corrected chi connectivity index (χ2v) is 6.66. The Morgan fingerprint density at radius 3 is 2.68 bits per heavy atom. The fourth-order valence-corrected chi connectivity index (χ4v) is 2.96. The van der Waals surface area contributed by atoms with Crippen molar-refractivity contribution in [2.45, 2.75) is 19.9 Å². The molecule has 0 unspecified atom stereocenters. The van der Waals surface area contributed by atoms with Gasteiger partial charge in [-0.2, -0.15) is 0 Å². The first kappa shape index (κ1) is 19.5. The Bertz CT molecular complexity index is 992. The van der Waals surface area contributed by atoms with Gasteiger partial charge in [0.05, 0.1) is 19.8 Å². The summed E-state index contributed by atoms with van der Waals surface area (Å²) in [5.74, 6) is -0.0459. The van der Waals surface area contributed by atoms with Crippen LogP contribution >= 0.6 is 0 Å². The molecule has 6 heteroatoms. The maximum absolute atomic E-state index is 12.3. The van der Waals surface area contributed by atoms with Crippen LogP contribution in [0.15, 0.2) is 53.1 Å². The van der Waals surface area contributed by atoms with E-state index in [1.54, 1.807) is 20.4 Å². The van der Waals surface area contributed by atoms with Gasteiger partial charge in [-0.3, -0.25) is 9.59 Å². The molecule has 146 valence electrons. The number of esters is 1. The average Bonchev–Trinajstić information content (AvgIpc) is 3.08. The molecule has 3 aromatic rings. The largest absolute Gasteiger partial charge is 0.496 e. The van der Waals surface area contributed by atoms with Crippen molar-refractivity contribution in [3.05, 3.63) is 65.4 Å².